The smallest absolute Gasteiger partial charge is 0.411 e. The van der Waals surface area contributed by atoms with Crippen molar-refractivity contribution in [1.82, 2.24) is 19.8 Å². The number of aromatic nitrogens is 4. The van der Waals surface area contributed by atoms with Gasteiger partial charge in [0.1, 0.15) is 5.02 Å². The van der Waals surface area contributed by atoms with E-state index in [9.17, 15) is 9.59 Å². The Morgan fingerprint density at radius 1 is 0.826 bits per heavy atom. The lowest BCUT2D eigenvalue weighted by molar-refractivity contribution is 0.102. The van der Waals surface area contributed by atoms with E-state index < -0.39 is 6.09 Å². The van der Waals surface area contributed by atoms with Crippen LogP contribution in [0.15, 0.2) is 48.5 Å². The fourth-order valence-electron chi connectivity index (χ4n) is 5.36. The number of benzene rings is 2. The van der Waals surface area contributed by atoms with E-state index in [1.807, 2.05) is 45.0 Å². The number of hydrogen-bond acceptors (Lipinski definition) is 5. The molecule has 10 heteroatoms. The van der Waals surface area contributed by atoms with Gasteiger partial charge in [0.2, 0.25) is 0 Å². The topological polar surface area (TPSA) is 113 Å². The second-order valence-electron chi connectivity index (χ2n) is 13.0. The van der Waals surface area contributed by atoms with Crippen LogP contribution in [0.2, 0.25) is 5.02 Å². The third kappa shape index (κ3) is 10.1. The summed E-state index contributed by atoms with van der Waals surface area (Å²) in [6, 6.07) is 14.1. The molecule has 0 saturated heterocycles. The molecular formula is C36H49ClN6O3. The molecule has 0 unspecified atom stereocenters. The number of carbonyl (C=O) groups is 2. The van der Waals surface area contributed by atoms with Crippen molar-refractivity contribution in [3.8, 4) is 11.4 Å². The van der Waals surface area contributed by atoms with E-state index >= 15 is 0 Å². The molecule has 0 bridgehead atoms. The molecule has 3 N–H and O–H groups in total. The molecule has 0 aliphatic heterocycles. The summed E-state index contributed by atoms with van der Waals surface area (Å²) < 4.78 is 6.84. The maximum absolute atomic E-state index is 13.1. The zero-order valence-electron chi connectivity index (χ0n) is 27.8. The molecule has 4 rings (SSSR count). The molecule has 9 nitrogen and oxygen atoms in total. The number of nitrogens with one attached hydrogen (secondary N) is 3. The fraction of sp³-hybridized carbons (Fsp3) is 0.500. The molecular weight excluding hydrogens is 600 g/mol. The second kappa shape index (κ2) is 17.2. The molecule has 0 fully saturated rings. The first-order valence-electron chi connectivity index (χ1n) is 16.8. The van der Waals surface area contributed by atoms with Gasteiger partial charge >= 0.3 is 6.09 Å². The zero-order chi connectivity index (χ0) is 32.9. The summed E-state index contributed by atoms with van der Waals surface area (Å²) in [5.74, 6) is 0.236. The highest BCUT2D eigenvalue weighted by molar-refractivity contribution is 6.34. The summed E-state index contributed by atoms with van der Waals surface area (Å²) in [6.45, 7) is 8.78. The van der Waals surface area contributed by atoms with Crippen molar-refractivity contribution >= 4 is 40.6 Å². The molecule has 248 valence electrons. The normalized spacial score (nSPS) is 11.6. The van der Waals surface area contributed by atoms with Crippen LogP contribution in [0.25, 0.3) is 17.0 Å². The number of unbranched alkanes of at least 4 members (excludes halogenated alkanes) is 11. The minimum atomic E-state index is -0.492. The van der Waals surface area contributed by atoms with Crippen LogP contribution in [0.5, 0.6) is 0 Å². The Morgan fingerprint density at radius 2 is 1.43 bits per heavy atom. The van der Waals surface area contributed by atoms with E-state index in [2.05, 4.69) is 32.7 Å². The van der Waals surface area contributed by atoms with Crippen LogP contribution in [-0.4, -0.2) is 38.4 Å². The van der Waals surface area contributed by atoms with E-state index in [0.717, 1.165) is 18.5 Å². The summed E-state index contributed by atoms with van der Waals surface area (Å²) in [5, 5.41) is 15.4. The van der Waals surface area contributed by atoms with Crippen molar-refractivity contribution in [3.05, 3.63) is 64.8 Å². The van der Waals surface area contributed by atoms with Crippen molar-refractivity contribution in [1.29, 1.82) is 0 Å². The molecule has 4 aromatic rings. The third-order valence-corrected chi connectivity index (χ3v) is 8.37. The molecule has 2 aromatic heterocycles. The van der Waals surface area contributed by atoms with Gasteiger partial charge in [-0.05, 0) is 42.8 Å². The predicted molar refractivity (Wildman–Crippen MR) is 187 cm³/mol. The molecule has 0 spiro atoms. The highest BCUT2D eigenvalue weighted by atomic mass is 35.5. The van der Waals surface area contributed by atoms with Gasteiger partial charge in [-0.2, -0.15) is 5.10 Å². The maximum atomic E-state index is 13.1. The molecule has 0 radical (unpaired) electrons. The van der Waals surface area contributed by atoms with E-state index in [1.165, 1.54) is 68.8 Å². The van der Waals surface area contributed by atoms with E-state index in [4.69, 9.17) is 16.3 Å². The second-order valence-corrected chi connectivity index (χ2v) is 13.3. The summed E-state index contributed by atoms with van der Waals surface area (Å²) >= 11 is 6.61. The molecule has 0 atom stereocenters. The maximum Gasteiger partial charge on any atom is 0.411 e. The van der Waals surface area contributed by atoms with Gasteiger partial charge in [0.25, 0.3) is 5.91 Å². The highest BCUT2D eigenvalue weighted by Gasteiger charge is 2.25. The SMILES string of the molecule is CCCCCCCCCCCCCCOC(=O)Nc1ccc(C(=O)Nc2ccccc2-c2nn3nc(C(C)(C)C)c(Cl)c3[nH]2)cc1. The number of halogens is 1. The molecule has 0 saturated carbocycles. The first kappa shape index (κ1) is 35.0. The number of nitrogens with zero attached hydrogens (tertiary/aromatic N) is 3. The lowest BCUT2D eigenvalue weighted by Gasteiger charge is -2.14. The monoisotopic (exact) mass is 648 g/mol. The van der Waals surface area contributed by atoms with Gasteiger partial charge < -0.3 is 15.0 Å². The number of amides is 2. The Bertz CT molecular complexity index is 1550. The number of para-hydroxylation sites is 1. The average Bonchev–Trinajstić information content (AvgIpc) is 3.59. The van der Waals surface area contributed by atoms with Gasteiger partial charge in [-0.25, -0.2) is 4.79 Å². The van der Waals surface area contributed by atoms with Crippen LogP contribution in [0.3, 0.4) is 0 Å². The van der Waals surface area contributed by atoms with Gasteiger partial charge in [0.15, 0.2) is 11.5 Å². The lowest BCUT2D eigenvalue weighted by atomic mass is 9.92. The number of H-pyrrole nitrogens is 1. The van der Waals surface area contributed by atoms with Crippen LogP contribution < -0.4 is 10.6 Å². The number of rotatable bonds is 17. The molecule has 46 heavy (non-hydrogen) atoms. The van der Waals surface area contributed by atoms with Gasteiger partial charge in [0.05, 0.1) is 18.0 Å². The van der Waals surface area contributed by atoms with Crippen molar-refractivity contribution in [2.45, 2.75) is 110 Å². The Labute approximate surface area is 277 Å². The largest absolute Gasteiger partial charge is 0.449 e. The minimum absolute atomic E-state index is 0.227. The summed E-state index contributed by atoms with van der Waals surface area (Å²) in [6.07, 6.45) is 14.6. The van der Waals surface area contributed by atoms with Crippen molar-refractivity contribution in [3.63, 3.8) is 0 Å². The van der Waals surface area contributed by atoms with Gasteiger partial charge in [-0.1, -0.05) is 122 Å². The van der Waals surface area contributed by atoms with Crippen molar-refractivity contribution in [2.24, 2.45) is 0 Å². The van der Waals surface area contributed by atoms with E-state index in [-0.39, 0.29) is 11.3 Å². The lowest BCUT2D eigenvalue weighted by Crippen LogP contribution is -2.15. The number of fused-ring (bicyclic) bond motifs is 1. The van der Waals surface area contributed by atoms with Crippen LogP contribution in [0.1, 0.15) is 121 Å². The number of carbonyl (C=O) groups excluding carboxylic acids is 2. The number of aromatic amines is 1. The molecule has 0 aliphatic carbocycles. The summed E-state index contributed by atoms with van der Waals surface area (Å²) in [4.78, 5) is 28.6. The predicted octanol–water partition coefficient (Wildman–Crippen LogP) is 10.2. The van der Waals surface area contributed by atoms with Crippen molar-refractivity contribution in [2.75, 3.05) is 17.2 Å². The number of anilines is 2. The average molecular weight is 649 g/mol. The molecule has 2 amide bonds. The van der Waals surface area contributed by atoms with Crippen LogP contribution in [0.4, 0.5) is 16.2 Å². The van der Waals surface area contributed by atoms with E-state index in [1.54, 1.807) is 24.3 Å². The van der Waals surface area contributed by atoms with Crippen molar-refractivity contribution < 1.29 is 14.3 Å². The minimum Gasteiger partial charge on any atom is -0.449 e. The highest BCUT2D eigenvalue weighted by Crippen LogP contribution is 2.33. The van der Waals surface area contributed by atoms with Crippen LogP contribution in [0, 0.1) is 0 Å². The quantitative estimate of drug-likeness (QED) is 0.0986. The first-order valence-corrected chi connectivity index (χ1v) is 17.1. The van der Waals surface area contributed by atoms with E-state index in [0.29, 0.717) is 45.6 Å². The standard InChI is InChI=1S/C36H49ClN6O3/c1-5-6-7-8-9-10-11-12-13-14-15-18-25-46-35(45)38-27-23-21-26(22-24-27)34(44)39-29-20-17-16-19-28(29)32-40-33-30(37)31(36(2,3)4)41-43(33)42-32/h16-17,19-24H,5-15,18,25H2,1-4H3,(H,38,45)(H,39,44)(H,40,42). The fourth-order valence-corrected chi connectivity index (χ4v) is 5.80. The Morgan fingerprint density at radius 3 is 2.04 bits per heavy atom. The summed E-state index contributed by atoms with van der Waals surface area (Å²) in [7, 11) is 0. The molecule has 2 heterocycles. The third-order valence-electron chi connectivity index (χ3n) is 8.01. The first-order chi connectivity index (χ1) is 22.2. The van der Waals surface area contributed by atoms with Gasteiger partial charge in [-0.3, -0.25) is 10.1 Å². The van der Waals surface area contributed by atoms with Crippen LogP contribution >= 0.6 is 11.6 Å². The molecule has 0 aliphatic rings. The Balaban J connectivity index is 1.19. The Hall–Kier alpha value is -3.85. The zero-order valence-corrected chi connectivity index (χ0v) is 28.5. The van der Waals surface area contributed by atoms with Gasteiger partial charge in [-0.15, -0.1) is 9.73 Å². The Kier molecular flexibility index (Phi) is 13.1. The number of ether oxygens (including phenoxy) is 1. The molecule has 2 aromatic carbocycles. The van der Waals surface area contributed by atoms with Gasteiger partial charge in [0, 0.05) is 22.2 Å². The van der Waals surface area contributed by atoms with Crippen LogP contribution in [-0.2, 0) is 10.2 Å². The summed E-state index contributed by atoms with van der Waals surface area (Å²) in [5.41, 5.74) is 3.41. The number of hydrogen-bond donors (Lipinski definition) is 3.